The maximum absolute atomic E-state index is 10.9. The molecule has 0 atom stereocenters. The highest BCUT2D eigenvalue weighted by Gasteiger charge is 2.17. The summed E-state index contributed by atoms with van der Waals surface area (Å²) in [7, 11) is 0. The zero-order valence-electron chi connectivity index (χ0n) is 13.0. The molecule has 0 aromatic rings. The number of unbranched alkanes of at least 4 members (excludes halogenated alkanes) is 1. The zero-order valence-corrected chi connectivity index (χ0v) is 13.0. The van der Waals surface area contributed by atoms with Crippen LogP contribution in [0, 0.1) is 5.92 Å². The number of rotatable bonds is 11. The Bertz CT molecular complexity index is 257. The first-order valence-corrected chi connectivity index (χ1v) is 7.30. The Labute approximate surface area is 118 Å². The Balaban J connectivity index is 3.57. The van der Waals surface area contributed by atoms with Gasteiger partial charge in [-0.05, 0) is 39.0 Å². The van der Waals surface area contributed by atoms with Gasteiger partial charge in [-0.25, -0.2) is 4.79 Å². The molecule has 0 amide bonds. The maximum Gasteiger partial charge on any atom is 0.330 e. The smallest absolute Gasteiger partial charge is 0.330 e. The molecule has 0 aliphatic heterocycles. The van der Waals surface area contributed by atoms with Gasteiger partial charge in [0.25, 0.3) is 0 Å². The summed E-state index contributed by atoms with van der Waals surface area (Å²) in [5, 5.41) is 0. The molecule has 0 aromatic heterocycles. The van der Waals surface area contributed by atoms with Crippen molar-refractivity contribution >= 4 is 5.97 Å². The van der Waals surface area contributed by atoms with Crippen molar-refractivity contribution in [2.75, 3.05) is 13.2 Å². The Hall–Kier alpha value is -0.830. The van der Waals surface area contributed by atoms with E-state index in [9.17, 15) is 4.79 Å². The van der Waals surface area contributed by atoms with Gasteiger partial charge in [0.05, 0.1) is 12.2 Å². The molecule has 0 aliphatic carbocycles. The van der Waals surface area contributed by atoms with Gasteiger partial charge in [-0.15, -0.1) is 0 Å². The first kappa shape index (κ1) is 18.2. The van der Waals surface area contributed by atoms with Crippen LogP contribution in [0.15, 0.2) is 12.7 Å². The van der Waals surface area contributed by atoms with Crippen LogP contribution in [0.2, 0.25) is 0 Å². The van der Waals surface area contributed by atoms with Gasteiger partial charge in [0.2, 0.25) is 0 Å². The molecule has 3 heteroatoms. The summed E-state index contributed by atoms with van der Waals surface area (Å²) in [6.45, 7) is 13.3. The van der Waals surface area contributed by atoms with E-state index in [1.165, 1.54) is 18.9 Å². The fourth-order valence-corrected chi connectivity index (χ4v) is 1.80. The molecule has 0 saturated carbocycles. The number of esters is 1. The molecule has 0 spiro atoms. The van der Waals surface area contributed by atoms with Gasteiger partial charge in [-0.2, -0.15) is 0 Å². The summed E-state index contributed by atoms with van der Waals surface area (Å²) in [5.41, 5.74) is -0.140. The van der Waals surface area contributed by atoms with Gasteiger partial charge in [0.15, 0.2) is 0 Å². The fraction of sp³-hybridized carbons (Fsp3) is 0.812. The highest BCUT2D eigenvalue weighted by molar-refractivity contribution is 5.81. The normalized spacial score (nSPS) is 11.6. The van der Waals surface area contributed by atoms with Crippen LogP contribution in [0.1, 0.15) is 59.8 Å². The van der Waals surface area contributed by atoms with Crippen LogP contribution in [-0.4, -0.2) is 24.8 Å². The van der Waals surface area contributed by atoms with Crippen molar-refractivity contribution < 1.29 is 14.3 Å². The molecule has 0 saturated heterocycles. The third-order valence-electron chi connectivity index (χ3n) is 3.00. The lowest BCUT2D eigenvalue weighted by molar-refractivity contribution is -0.138. The summed E-state index contributed by atoms with van der Waals surface area (Å²) >= 11 is 0. The highest BCUT2D eigenvalue weighted by Crippen LogP contribution is 2.18. The number of ether oxygens (including phenoxy) is 2. The summed E-state index contributed by atoms with van der Waals surface area (Å²) in [5.74, 6) is 0.417. The predicted molar refractivity (Wildman–Crippen MR) is 79.1 cm³/mol. The van der Waals surface area contributed by atoms with E-state index in [1.807, 2.05) is 0 Å². The van der Waals surface area contributed by atoms with E-state index in [0.29, 0.717) is 6.61 Å². The molecular weight excluding hydrogens is 240 g/mol. The Morgan fingerprint density at radius 2 is 1.89 bits per heavy atom. The van der Waals surface area contributed by atoms with Gasteiger partial charge in [0.1, 0.15) is 0 Å². The van der Waals surface area contributed by atoms with Gasteiger partial charge in [0, 0.05) is 12.7 Å². The quantitative estimate of drug-likeness (QED) is 0.322. The van der Waals surface area contributed by atoms with Crippen LogP contribution >= 0.6 is 0 Å². The van der Waals surface area contributed by atoms with Crippen LogP contribution in [-0.2, 0) is 14.3 Å². The molecular formula is C16H30O3. The summed E-state index contributed by atoms with van der Waals surface area (Å²) in [4.78, 5) is 10.9. The molecule has 0 fully saturated rings. The van der Waals surface area contributed by atoms with Gasteiger partial charge in [-0.1, -0.05) is 33.3 Å². The minimum absolute atomic E-state index is 0.140. The monoisotopic (exact) mass is 270 g/mol. The van der Waals surface area contributed by atoms with Crippen molar-refractivity contribution in [3.63, 3.8) is 0 Å². The van der Waals surface area contributed by atoms with Crippen molar-refractivity contribution in [2.45, 2.75) is 65.4 Å². The summed E-state index contributed by atoms with van der Waals surface area (Å²) in [6, 6.07) is 0. The van der Waals surface area contributed by atoms with Crippen molar-refractivity contribution in [2.24, 2.45) is 5.92 Å². The molecule has 0 aromatic carbocycles. The largest absolute Gasteiger partial charge is 0.463 e. The van der Waals surface area contributed by atoms with E-state index in [2.05, 4.69) is 34.3 Å². The molecule has 0 aliphatic rings. The second-order valence-electron chi connectivity index (χ2n) is 5.97. The third-order valence-corrected chi connectivity index (χ3v) is 3.00. The molecule has 0 N–H and O–H groups in total. The highest BCUT2D eigenvalue weighted by atomic mass is 16.5. The van der Waals surface area contributed by atoms with Crippen molar-refractivity contribution in [3.8, 4) is 0 Å². The number of hydrogen-bond donors (Lipinski definition) is 0. The van der Waals surface area contributed by atoms with E-state index in [1.54, 1.807) is 0 Å². The van der Waals surface area contributed by atoms with E-state index in [0.717, 1.165) is 31.8 Å². The first-order chi connectivity index (χ1) is 8.87. The average Bonchev–Trinajstić information content (AvgIpc) is 2.33. The Kier molecular flexibility index (Phi) is 9.58. The van der Waals surface area contributed by atoms with Crippen LogP contribution in [0.5, 0.6) is 0 Å². The van der Waals surface area contributed by atoms with Crippen LogP contribution in [0.3, 0.4) is 0 Å². The van der Waals surface area contributed by atoms with Crippen LogP contribution in [0.4, 0.5) is 0 Å². The molecule has 0 bridgehead atoms. The minimum atomic E-state index is -0.354. The summed E-state index contributed by atoms with van der Waals surface area (Å²) < 4.78 is 10.8. The Morgan fingerprint density at radius 1 is 1.21 bits per heavy atom. The fourth-order valence-electron chi connectivity index (χ4n) is 1.80. The van der Waals surface area contributed by atoms with Crippen molar-refractivity contribution in [1.29, 1.82) is 0 Å². The minimum Gasteiger partial charge on any atom is -0.463 e. The first-order valence-electron chi connectivity index (χ1n) is 7.30. The lowest BCUT2D eigenvalue weighted by Crippen LogP contribution is -2.25. The van der Waals surface area contributed by atoms with Gasteiger partial charge in [-0.3, -0.25) is 0 Å². The Morgan fingerprint density at radius 3 is 2.47 bits per heavy atom. The molecule has 0 heterocycles. The SMILES string of the molecule is C=CC(=O)OCCCC(C)(C)OCCCCC(C)C. The number of carbonyl (C=O) groups is 1. The number of hydrogen-bond acceptors (Lipinski definition) is 3. The lowest BCUT2D eigenvalue weighted by Gasteiger charge is -2.25. The zero-order chi connectivity index (χ0) is 14.7. The van der Waals surface area contributed by atoms with E-state index in [-0.39, 0.29) is 11.6 Å². The van der Waals surface area contributed by atoms with E-state index >= 15 is 0 Å². The maximum atomic E-state index is 10.9. The van der Waals surface area contributed by atoms with Crippen LogP contribution < -0.4 is 0 Å². The second-order valence-corrected chi connectivity index (χ2v) is 5.97. The molecule has 112 valence electrons. The molecule has 0 unspecified atom stereocenters. The standard InChI is InChI=1S/C16H30O3/c1-6-15(17)18-12-9-11-16(4,5)19-13-8-7-10-14(2)3/h6,14H,1,7-13H2,2-5H3. The van der Waals surface area contributed by atoms with Gasteiger partial charge >= 0.3 is 5.97 Å². The summed E-state index contributed by atoms with van der Waals surface area (Å²) in [6.07, 6.45) is 6.51. The topological polar surface area (TPSA) is 35.5 Å². The molecule has 0 rings (SSSR count). The van der Waals surface area contributed by atoms with Crippen LogP contribution in [0.25, 0.3) is 0 Å². The van der Waals surface area contributed by atoms with Crippen molar-refractivity contribution in [1.82, 2.24) is 0 Å². The predicted octanol–water partition coefficient (Wildman–Crippen LogP) is 4.12. The van der Waals surface area contributed by atoms with E-state index in [4.69, 9.17) is 9.47 Å². The molecule has 3 nitrogen and oxygen atoms in total. The van der Waals surface area contributed by atoms with Gasteiger partial charge < -0.3 is 9.47 Å². The third kappa shape index (κ3) is 12.0. The number of carbonyl (C=O) groups excluding carboxylic acids is 1. The second kappa shape index (κ2) is 10.0. The van der Waals surface area contributed by atoms with E-state index < -0.39 is 0 Å². The molecule has 19 heavy (non-hydrogen) atoms. The van der Waals surface area contributed by atoms with Crippen molar-refractivity contribution in [3.05, 3.63) is 12.7 Å². The molecule has 0 radical (unpaired) electrons. The lowest BCUT2D eigenvalue weighted by atomic mass is 10.0. The average molecular weight is 270 g/mol.